The topological polar surface area (TPSA) is 40.9 Å². The number of rotatable bonds is 4. The van der Waals surface area contributed by atoms with E-state index in [1.807, 2.05) is 26.0 Å². The van der Waals surface area contributed by atoms with Gasteiger partial charge in [-0.05, 0) is 11.5 Å². The molecule has 5 rings (SSSR count). The van der Waals surface area contributed by atoms with Crippen LogP contribution in [-0.4, -0.2) is 15.4 Å². The molecular weight excluding hydrogens is 593 g/mol. The van der Waals surface area contributed by atoms with Crippen LogP contribution in [0, 0.1) is 0 Å². The molecule has 0 unspecified atom stereocenters. The number of carbonyl (C=O) groups excluding carboxylic acids is 1. The summed E-state index contributed by atoms with van der Waals surface area (Å²) in [6.45, 7) is 4.03. The van der Waals surface area contributed by atoms with E-state index in [2.05, 4.69) is 103 Å². The average molecular weight is 622 g/mol. The zero-order valence-electron chi connectivity index (χ0n) is 20.9. The molecule has 1 N–H and O–H groups in total. The minimum Gasteiger partial charge on any atom is -1.00 e. The molecular formula is C31H29Cl2NOSiZr. The molecule has 5 aromatic carbocycles. The molecule has 0 aromatic heterocycles. The fourth-order valence-electron chi connectivity index (χ4n) is 3.49. The summed E-state index contributed by atoms with van der Waals surface area (Å²) in [5.74, 6) is -0.296. The van der Waals surface area contributed by atoms with Crippen molar-refractivity contribution in [1.82, 2.24) is 0 Å². The molecule has 2 nitrogen and oxygen atoms in total. The third-order valence-electron chi connectivity index (χ3n) is 5.21. The van der Waals surface area contributed by atoms with Crippen LogP contribution in [0.25, 0.3) is 16.5 Å². The fourth-order valence-corrected chi connectivity index (χ4v) is 4.54. The largest absolute Gasteiger partial charge is 4.00 e. The molecule has 186 valence electrons. The van der Waals surface area contributed by atoms with E-state index in [1.54, 1.807) is 12.1 Å². The Morgan fingerprint density at radius 3 is 1.68 bits per heavy atom. The molecule has 5 aromatic rings. The zero-order valence-corrected chi connectivity index (χ0v) is 25.8. The molecule has 0 fully saturated rings. The quantitative estimate of drug-likeness (QED) is 0.218. The molecule has 1 amide bonds. The van der Waals surface area contributed by atoms with Crippen molar-refractivity contribution >= 4 is 36.6 Å². The zero-order chi connectivity index (χ0) is 24.2. The Bertz CT molecular complexity index is 1230. The molecule has 0 saturated heterocycles. The minimum atomic E-state index is -0.598. The van der Waals surface area contributed by atoms with Crippen molar-refractivity contribution in [3.05, 3.63) is 144 Å². The van der Waals surface area contributed by atoms with Crippen LogP contribution in [0.4, 0.5) is 0 Å². The molecule has 2 radical (unpaired) electrons. The van der Waals surface area contributed by atoms with Crippen LogP contribution in [0.15, 0.2) is 127 Å². The van der Waals surface area contributed by atoms with Gasteiger partial charge in [-0.2, -0.15) is 17.5 Å². The summed E-state index contributed by atoms with van der Waals surface area (Å²) >= 11 is 0. The SMILES string of the molecule is CC(C)c1ccccc1C([NH-])=O.[Cl-].[Cl-].[Zr+4].c1ccc([Si]c2ccccc2)cc1.c1ccc2[cH-]ccc2c1. The number of hydrogen-bond donors (Lipinski definition) is 0. The second-order valence-corrected chi connectivity index (χ2v) is 9.49. The summed E-state index contributed by atoms with van der Waals surface area (Å²) in [4.78, 5) is 10.8. The Kier molecular flexibility index (Phi) is 17.6. The molecule has 0 spiro atoms. The van der Waals surface area contributed by atoms with Gasteiger partial charge in [0.05, 0.1) is 5.91 Å². The summed E-state index contributed by atoms with van der Waals surface area (Å²) in [5.41, 5.74) is 8.49. The van der Waals surface area contributed by atoms with Crippen molar-refractivity contribution in [2.75, 3.05) is 0 Å². The van der Waals surface area contributed by atoms with Crippen LogP contribution in [0.2, 0.25) is 0 Å². The van der Waals surface area contributed by atoms with Gasteiger partial charge in [0.1, 0.15) is 9.52 Å². The van der Waals surface area contributed by atoms with E-state index >= 15 is 0 Å². The van der Waals surface area contributed by atoms with Gasteiger partial charge in [-0.15, -0.1) is 29.7 Å². The molecule has 0 bridgehead atoms. The normalized spacial score (nSPS) is 9.27. The van der Waals surface area contributed by atoms with Gasteiger partial charge < -0.3 is 35.3 Å². The summed E-state index contributed by atoms with van der Waals surface area (Å²) < 4.78 is 0. The van der Waals surface area contributed by atoms with Gasteiger partial charge in [0.25, 0.3) is 0 Å². The van der Waals surface area contributed by atoms with Gasteiger partial charge in [0.2, 0.25) is 0 Å². The molecule has 0 saturated carbocycles. The van der Waals surface area contributed by atoms with Crippen LogP contribution in [0.1, 0.15) is 35.7 Å². The third-order valence-corrected chi connectivity index (χ3v) is 6.46. The summed E-state index contributed by atoms with van der Waals surface area (Å²) in [7, 11) is 0.777. The minimum absolute atomic E-state index is 0. The summed E-state index contributed by atoms with van der Waals surface area (Å²) in [6, 6.07) is 43.1. The van der Waals surface area contributed by atoms with E-state index in [4.69, 9.17) is 5.73 Å². The Morgan fingerprint density at radius 2 is 1.19 bits per heavy atom. The smallest absolute Gasteiger partial charge is 1.00 e. The maximum Gasteiger partial charge on any atom is 4.00 e. The summed E-state index contributed by atoms with van der Waals surface area (Å²) in [5, 5.41) is 5.46. The van der Waals surface area contributed by atoms with Gasteiger partial charge in [0.15, 0.2) is 0 Å². The monoisotopic (exact) mass is 619 g/mol. The predicted molar refractivity (Wildman–Crippen MR) is 147 cm³/mol. The molecule has 0 aliphatic carbocycles. The fraction of sp³-hybridized carbons (Fsp3) is 0.0968. The maximum atomic E-state index is 10.8. The van der Waals surface area contributed by atoms with Crippen molar-refractivity contribution < 1.29 is 55.8 Å². The second-order valence-electron chi connectivity index (χ2n) is 8.08. The molecule has 0 aliphatic heterocycles. The summed E-state index contributed by atoms with van der Waals surface area (Å²) in [6.07, 6.45) is 0. The molecule has 0 heterocycles. The van der Waals surface area contributed by atoms with Gasteiger partial charge >= 0.3 is 26.2 Å². The van der Waals surface area contributed by atoms with Crippen LogP contribution >= 0.6 is 0 Å². The number of amides is 1. The van der Waals surface area contributed by atoms with Crippen molar-refractivity contribution in [2.45, 2.75) is 19.8 Å². The molecule has 0 atom stereocenters. The Hall–Kier alpha value is -2.36. The van der Waals surface area contributed by atoms with Crippen molar-refractivity contribution in [3.8, 4) is 0 Å². The maximum absolute atomic E-state index is 10.8. The second kappa shape index (κ2) is 18.8. The van der Waals surface area contributed by atoms with E-state index < -0.39 is 5.91 Å². The van der Waals surface area contributed by atoms with Crippen molar-refractivity contribution in [2.24, 2.45) is 0 Å². The van der Waals surface area contributed by atoms with Gasteiger partial charge in [-0.3, -0.25) is 0 Å². The predicted octanol–water partition coefficient (Wildman–Crippen LogP) is 0.908. The number of carbonyl (C=O) groups is 1. The Labute approximate surface area is 254 Å². The number of benzene rings is 4. The van der Waals surface area contributed by atoms with Crippen LogP contribution in [0.5, 0.6) is 0 Å². The number of hydrogen-bond acceptors (Lipinski definition) is 1. The van der Waals surface area contributed by atoms with Gasteiger partial charge in [-0.1, -0.05) is 115 Å². The van der Waals surface area contributed by atoms with Crippen molar-refractivity contribution in [1.29, 1.82) is 0 Å². The third kappa shape index (κ3) is 11.7. The number of nitrogens with one attached hydrogen (secondary N) is 1. The number of fused-ring (bicyclic) bond motifs is 1. The Balaban J connectivity index is 0.000000511. The van der Waals surface area contributed by atoms with E-state index in [9.17, 15) is 4.79 Å². The first kappa shape index (κ1) is 34.6. The standard InChI is InChI=1S/C12H10Si.C10H13NO.C9H7.2ClH.Zr/c1-3-7-11(8-4-1)13-12-9-5-2-6-10-12;1-7(2)8-5-3-4-6-9(8)10(11)12;1-2-5-9-7-3-6-8(9)4-1;;;/h1-10H;3-7H,1-2H3,(H2,11,12);1-7H;2*1H;/q;;-1;;;+4/p-3. The van der Waals surface area contributed by atoms with Crippen LogP contribution in [-0.2, 0) is 26.2 Å². The van der Waals surface area contributed by atoms with E-state index in [0.717, 1.165) is 15.1 Å². The van der Waals surface area contributed by atoms with E-state index in [-0.39, 0.29) is 51.0 Å². The Morgan fingerprint density at radius 1 is 0.703 bits per heavy atom. The average Bonchev–Trinajstić information content (AvgIpc) is 3.35. The van der Waals surface area contributed by atoms with Crippen LogP contribution < -0.4 is 35.2 Å². The van der Waals surface area contributed by atoms with Gasteiger partial charge in [-0.25, -0.2) is 0 Å². The first-order valence-corrected chi connectivity index (χ1v) is 12.4. The van der Waals surface area contributed by atoms with E-state index in [1.165, 1.54) is 21.1 Å². The van der Waals surface area contributed by atoms with Crippen molar-refractivity contribution in [3.63, 3.8) is 0 Å². The molecule has 6 heteroatoms. The van der Waals surface area contributed by atoms with Crippen LogP contribution in [0.3, 0.4) is 0 Å². The first-order valence-electron chi connectivity index (χ1n) is 11.4. The molecule has 37 heavy (non-hydrogen) atoms. The van der Waals surface area contributed by atoms with E-state index in [0.29, 0.717) is 11.5 Å². The molecule has 0 aliphatic rings. The first-order chi connectivity index (χ1) is 16.5. The number of halogens is 2. The van der Waals surface area contributed by atoms with Gasteiger partial charge in [0, 0.05) is 5.56 Å².